The summed E-state index contributed by atoms with van der Waals surface area (Å²) in [7, 11) is 0. The molecule has 4 rings (SSSR count). The van der Waals surface area contributed by atoms with Gasteiger partial charge >= 0.3 is 0 Å². The molecule has 4 aromatic carbocycles. The molecule has 0 spiro atoms. The number of hydrogen-bond acceptors (Lipinski definition) is 1. The lowest BCUT2D eigenvalue weighted by Gasteiger charge is -2.24. The average molecular weight is 422 g/mol. The Morgan fingerprint density at radius 2 is 0.938 bits per heavy atom. The van der Waals surface area contributed by atoms with E-state index in [1.807, 2.05) is 79.7 Å². The molecular formula is C29H29N2O+. The predicted molar refractivity (Wildman–Crippen MR) is 129 cm³/mol. The molecule has 0 fully saturated rings. The predicted octanol–water partition coefficient (Wildman–Crippen LogP) is 4.63. The molecule has 0 heterocycles. The molecule has 3 nitrogen and oxygen atoms in total. The van der Waals surface area contributed by atoms with Crippen molar-refractivity contribution in [2.45, 2.75) is 25.0 Å². The number of amides is 1. The number of hydrogen-bond donors (Lipinski definition) is 2. The van der Waals surface area contributed by atoms with Crippen LogP contribution in [0.3, 0.4) is 0 Å². The number of carbonyl (C=O) groups is 1. The summed E-state index contributed by atoms with van der Waals surface area (Å²) in [4.78, 5) is 13.4. The minimum atomic E-state index is -0.268. The second-order valence-electron chi connectivity index (χ2n) is 8.04. The van der Waals surface area contributed by atoms with Gasteiger partial charge in [-0.2, -0.15) is 0 Å². The van der Waals surface area contributed by atoms with Crippen molar-refractivity contribution in [1.29, 1.82) is 0 Å². The van der Waals surface area contributed by atoms with Crippen LogP contribution in [0.15, 0.2) is 121 Å². The van der Waals surface area contributed by atoms with Crippen LogP contribution in [0.25, 0.3) is 0 Å². The van der Waals surface area contributed by atoms with Crippen LogP contribution in [0.2, 0.25) is 0 Å². The first-order valence-electron chi connectivity index (χ1n) is 11.1. The molecule has 0 aliphatic carbocycles. The van der Waals surface area contributed by atoms with Gasteiger partial charge in [0.2, 0.25) is 0 Å². The van der Waals surface area contributed by atoms with E-state index in [0.29, 0.717) is 0 Å². The van der Waals surface area contributed by atoms with Gasteiger partial charge in [0.05, 0.1) is 6.04 Å². The van der Waals surface area contributed by atoms with E-state index in [1.165, 1.54) is 11.1 Å². The monoisotopic (exact) mass is 421 g/mol. The van der Waals surface area contributed by atoms with Gasteiger partial charge in [-0.15, -0.1) is 0 Å². The summed E-state index contributed by atoms with van der Waals surface area (Å²) in [5.74, 6) is 0.0135. The average Bonchev–Trinajstić information content (AvgIpc) is 2.87. The molecule has 0 aliphatic heterocycles. The maximum atomic E-state index is 13.4. The number of carbonyl (C=O) groups excluding carboxylic acids is 1. The topological polar surface area (TPSA) is 45.7 Å². The molecule has 3 N–H and O–H groups in total. The minimum Gasteiger partial charge on any atom is -0.340 e. The third-order valence-electron chi connectivity index (χ3n) is 5.76. The summed E-state index contributed by atoms with van der Waals surface area (Å²) < 4.78 is 0. The Kier molecular flexibility index (Phi) is 7.11. The number of benzene rings is 4. The third-order valence-corrected chi connectivity index (χ3v) is 5.76. The van der Waals surface area contributed by atoms with Gasteiger partial charge < -0.3 is 10.6 Å². The summed E-state index contributed by atoms with van der Waals surface area (Å²) in [6.45, 7) is 1.97. The van der Waals surface area contributed by atoms with E-state index in [4.69, 9.17) is 0 Å². The summed E-state index contributed by atoms with van der Waals surface area (Å²) in [6, 6.07) is 40.6. The Morgan fingerprint density at radius 3 is 1.31 bits per heavy atom. The van der Waals surface area contributed by atoms with E-state index in [1.54, 1.807) is 0 Å². The van der Waals surface area contributed by atoms with Crippen molar-refractivity contribution < 1.29 is 10.1 Å². The SMILES string of the molecule is C[C@H]([NH2+]C(c1ccccc1)c1ccccc1)C(=O)NC(c1ccccc1)c1ccccc1. The molecule has 0 saturated heterocycles. The van der Waals surface area contributed by atoms with Gasteiger partial charge in [-0.25, -0.2) is 0 Å². The molecule has 0 radical (unpaired) electrons. The molecule has 0 unspecified atom stereocenters. The fourth-order valence-electron chi connectivity index (χ4n) is 4.04. The van der Waals surface area contributed by atoms with Crippen LogP contribution in [0.5, 0.6) is 0 Å². The van der Waals surface area contributed by atoms with Crippen LogP contribution in [-0.2, 0) is 4.79 Å². The lowest BCUT2D eigenvalue weighted by Crippen LogP contribution is -2.92. The molecule has 0 bridgehead atoms. The molecule has 160 valence electrons. The zero-order valence-corrected chi connectivity index (χ0v) is 18.3. The zero-order chi connectivity index (χ0) is 22.2. The maximum absolute atomic E-state index is 13.4. The van der Waals surface area contributed by atoms with Crippen molar-refractivity contribution in [2.75, 3.05) is 0 Å². The Balaban J connectivity index is 1.56. The molecular weight excluding hydrogens is 392 g/mol. The van der Waals surface area contributed by atoms with Crippen molar-refractivity contribution in [1.82, 2.24) is 5.32 Å². The Bertz CT molecular complexity index is 1020. The van der Waals surface area contributed by atoms with Crippen molar-refractivity contribution in [2.24, 2.45) is 0 Å². The number of nitrogens with one attached hydrogen (secondary N) is 1. The van der Waals surface area contributed by atoms with E-state index in [-0.39, 0.29) is 24.0 Å². The second-order valence-corrected chi connectivity index (χ2v) is 8.04. The van der Waals surface area contributed by atoms with Crippen LogP contribution >= 0.6 is 0 Å². The van der Waals surface area contributed by atoms with Gasteiger partial charge in [0.15, 0.2) is 6.04 Å². The quantitative estimate of drug-likeness (QED) is 0.428. The van der Waals surface area contributed by atoms with Crippen LogP contribution in [0, 0.1) is 0 Å². The molecule has 1 amide bonds. The normalized spacial score (nSPS) is 12.0. The maximum Gasteiger partial charge on any atom is 0.278 e. The Morgan fingerprint density at radius 1 is 0.594 bits per heavy atom. The lowest BCUT2D eigenvalue weighted by atomic mass is 9.97. The molecule has 1 atom stereocenters. The van der Waals surface area contributed by atoms with Gasteiger partial charge in [-0.05, 0) is 18.1 Å². The van der Waals surface area contributed by atoms with Crippen LogP contribution in [0.4, 0.5) is 0 Å². The van der Waals surface area contributed by atoms with E-state index in [9.17, 15) is 4.79 Å². The molecule has 0 aromatic heterocycles. The highest BCUT2D eigenvalue weighted by Gasteiger charge is 2.27. The zero-order valence-electron chi connectivity index (χ0n) is 18.3. The van der Waals surface area contributed by atoms with E-state index in [2.05, 4.69) is 59.2 Å². The molecule has 0 saturated carbocycles. The van der Waals surface area contributed by atoms with Gasteiger partial charge in [0.25, 0.3) is 5.91 Å². The van der Waals surface area contributed by atoms with Gasteiger partial charge in [0, 0.05) is 11.1 Å². The molecule has 32 heavy (non-hydrogen) atoms. The molecule has 0 aliphatic rings. The van der Waals surface area contributed by atoms with Crippen LogP contribution in [0.1, 0.15) is 41.3 Å². The molecule has 3 heteroatoms. The fraction of sp³-hybridized carbons (Fsp3) is 0.138. The van der Waals surface area contributed by atoms with Crippen molar-refractivity contribution >= 4 is 5.91 Å². The first-order chi connectivity index (χ1) is 15.7. The summed E-state index contributed by atoms with van der Waals surface area (Å²) in [6.07, 6.45) is 0. The van der Waals surface area contributed by atoms with Crippen LogP contribution in [-0.4, -0.2) is 11.9 Å². The largest absolute Gasteiger partial charge is 0.340 e. The Hall–Kier alpha value is -3.69. The first kappa shape index (κ1) is 21.5. The molecule has 4 aromatic rings. The van der Waals surface area contributed by atoms with Crippen molar-refractivity contribution in [3.05, 3.63) is 144 Å². The second kappa shape index (κ2) is 10.6. The smallest absolute Gasteiger partial charge is 0.278 e. The van der Waals surface area contributed by atoms with E-state index in [0.717, 1.165) is 11.1 Å². The first-order valence-corrected chi connectivity index (χ1v) is 11.1. The summed E-state index contributed by atoms with van der Waals surface area (Å²) >= 11 is 0. The fourth-order valence-corrected chi connectivity index (χ4v) is 4.04. The van der Waals surface area contributed by atoms with Crippen molar-refractivity contribution in [3.63, 3.8) is 0 Å². The van der Waals surface area contributed by atoms with Gasteiger partial charge in [-0.1, -0.05) is 121 Å². The van der Waals surface area contributed by atoms with Crippen LogP contribution < -0.4 is 10.6 Å². The van der Waals surface area contributed by atoms with E-state index >= 15 is 0 Å². The minimum absolute atomic E-state index is 0.0135. The van der Waals surface area contributed by atoms with Gasteiger partial charge in [-0.3, -0.25) is 4.79 Å². The number of quaternary nitrogens is 1. The highest BCUT2D eigenvalue weighted by molar-refractivity contribution is 5.80. The third kappa shape index (κ3) is 5.32. The van der Waals surface area contributed by atoms with E-state index < -0.39 is 0 Å². The summed E-state index contributed by atoms with van der Waals surface area (Å²) in [5.41, 5.74) is 4.51. The van der Waals surface area contributed by atoms with Crippen molar-refractivity contribution in [3.8, 4) is 0 Å². The lowest BCUT2D eigenvalue weighted by molar-refractivity contribution is -0.704. The number of rotatable bonds is 8. The summed E-state index contributed by atoms with van der Waals surface area (Å²) in [5, 5.41) is 5.43. The highest BCUT2D eigenvalue weighted by atomic mass is 16.2. The van der Waals surface area contributed by atoms with Gasteiger partial charge in [0.1, 0.15) is 6.04 Å². The highest BCUT2D eigenvalue weighted by Crippen LogP contribution is 2.22. The number of nitrogens with two attached hydrogens (primary N) is 1. The standard InChI is InChI=1S/C29H28N2O/c1-22(30-27(23-14-6-2-7-15-23)24-16-8-3-9-17-24)29(32)31-28(25-18-10-4-11-19-25)26-20-12-5-13-21-26/h2-22,27-28,30H,1H3,(H,31,32)/p+1/t22-/m0/s1. The Labute approximate surface area is 190 Å².